The Hall–Kier alpha value is -2.49. The predicted molar refractivity (Wildman–Crippen MR) is 162 cm³/mol. The molecular formula is C28H29Cl4N3O4S. The molecule has 0 bridgehead atoms. The Balaban J connectivity index is 2.11. The van der Waals surface area contributed by atoms with Gasteiger partial charge in [-0.15, -0.1) is 0 Å². The first-order valence-electron chi connectivity index (χ1n) is 12.4. The Morgan fingerprint density at radius 2 is 1.48 bits per heavy atom. The summed E-state index contributed by atoms with van der Waals surface area (Å²) in [7, 11) is -4.26. The van der Waals surface area contributed by atoms with Crippen LogP contribution in [-0.2, 0) is 26.2 Å². The van der Waals surface area contributed by atoms with Gasteiger partial charge in [-0.25, -0.2) is 8.42 Å². The number of sulfonamides is 1. The number of nitrogens with zero attached hydrogens (tertiary/aromatic N) is 2. The van der Waals surface area contributed by atoms with Crippen molar-refractivity contribution in [3.8, 4) is 0 Å². The molecule has 0 unspecified atom stereocenters. The largest absolute Gasteiger partial charge is 0.352 e. The first-order valence-corrected chi connectivity index (χ1v) is 15.4. The molecule has 0 fully saturated rings. The molecule has 0 spiro atoms. The molecule has 0 saturated heterocycles. The maximum atomic E-state index is 14.1. The van der Waals surface area contributed by atoms with Gasteiger partial charge in [0.05, 0.1) is 15.6 Å². The van der Waals surface area contributed by atoms with E-state index in [1.807, 2.05) is 13.8 Å². The SMILES string of the molecule is CC[C@H](C(=O)NC(C)C)N(Cc1ccc(Cl)cc1Cl)C(=O)CN(c1ccc(Cl)cc1Cl)S(=O)(=O)c1ccccc1. The summed E-state index contributed by atoms with van der Waals surface area (Å²) in [6.45, 7) is 4.68. The molecule has 3 rings (SSSR count). The Labute approximate surface area is 255 Å². The van der Waals surface area contributed by atoms with E-state index in [1.165, 1.54) is 41.3 Å². The zero-order chi connectivity index (χ0) is 29.6. The second-order valence-electron chi connectivity index (χ2n) is 9.27. The average molecular weight is 645 g/mol. The van der Waals surface area contributed by atoms with Crippen LogP contribution < -0.4 is 9.62 Å². The molecular weight excluding hydrogens is 616 g/mol. The van der Waals surface area contributed by atoms with E-state index in [-0.39, 0.29) is 40.5 Å². The Morgan fingerprint density at radius 3 is 2.02 bits per heavy atom. The zero-order valence-electron chi connectivity index (χ0n) is 22.1. The standard InChI is InChI=1S/C28H29Cl4N3O4S/c1-4-25(28(37)33-18(2)3)34(16-19-10-11-20(29)14-23(19)31)27(36)17-35(26-13-12-21(30)15-24(26)32)40(38,39)22-8-6-5-7-9-22/h5-15,18,25H,4,16-17H2,1-3H3,(H,33,37)/t25-/m1/s1. The number of rotatable bonds is 11. The van der Waals surface area contributed by atoms with Crippen molar-refractivity contribution in [2.75, 3.05) is 10.8 Å². The topological polar surface area (TPSA) is 86.8 Å². The summed E-state index contributed by atoms with van der Waals surface area (Å²) in [6, 6.07) is 15.7. The van der Waals surface area contributed by atoms with Crippen LogP contribution in [0.5, 0.6) is 0 Å². The van der Waals surface area contributed by atoms with E-state index in [0.717, 1.165) is 4.31 Å². The summed E-state index contributed by atoms with van der Waals surface area (Å²) >= 11 is 25.0. The van der Waals surface area contributed by atoms with Gasteiger partial charge in [0.1, 0.15) is 12.6 Å². The fraction of sp³-hybridized carbons (Fsp3) is 0.286. The maximum absolute atomic E-state index is 14.1. The van der Waals surface area contributed by atoms with E-state index in [4.69, 9.17) is 46.4 Å². The Kier molecular flexibility index (Phi) is 11.1. The molecule has 0 aliphatic heterocycles. The summed E-state index contributed by atoms with van der Waals surface area (Å²) in [5, 5.41) is 3.89. The molecule has 7 nitrogen and oxygen atoms in total. The third-order valence-electron chi connectivity index (χ3n) is 5.96. The smallest absolute Gasteiger partial charge is 0.264 e. The van der Waals surface area contributed by atoms with Crippen molar-refractivity contribution in [3.63, 3.8) is 0 Å². The van der Waals surface area contributed by atoms with E-state index >= 15 is 0 Å². The number of halogens is 4. The van der Waals surface area contributed by atoms with Crippen molar-refractivity contribution in [3.05, 3.63) is 92.4 Å². The lowest BCUT2D eigenvalue weighted by Gasteiger charge is -2.34. The lowest BCUT2D eigenvalue weighted by Crippen LogP contribution is -2.53. The maximum Gasteiger partial charge on any atom is 0.264 e. The molecule has 3 aromatic carbocycles. The van der Waals surface area contributed by atoms with Crippen molar-refractivity contribution >= 4 is 73.9 Å². The molecule has 0 radical (unpaired) electrons. The van der Waals surface area contributed by atoms with E-state index in [9.17, 15) is 18.0 Å². The van der Waals surface area contributed by atoms with E-state index in [2.05, 4.69) is 5.32 Å². The summed E-state index contributed by atoms with van der Waals surface area (Å²) in [6.07, 6.45) is 0.267. The van der Waals surface area contributed by atoms with Gasteiger partial charge in [-0.1, -0.05) is 77.6 Å². The van der Waals surface area contributed by atoms with Crippen molar-refractivity contribution in [2.24, 2.45) is 0 Å². The van der Waals surface area contributed by atoms with Gasteiger partial charge >= 0.3 is 0 Å². The fourth-order valence-corrected chi connectivity index (χ4v) is 6.53. The van der Waals surface area contributed by atoms with Gasteiger partial charge < -0.3 is 10.2 Å². The van der Waals surface area contributed by atoms with Gasteiger partial charge in [0.25, 0.3) is 10.0 Å². The predicted octanol–water partition coefficient (Wildman–Crippen LogP) is 6.83. The highest BCUT2D eigenvalue weighted by Gasteiger charge is 2.34. The van der Waals surface area contributed by atoms with Gasteiger partial charge in [0.2, 0.25) is 11.8 Å². The molecule has 214 valence electrons. The molecule has 40 heavy (non-hydrogen) atoms. The van der Waals surface area contributed by atoms with Crippen molar-refractivity contribution in [1.82, 2.24) is 10.2 Å². The second kappa shape index (κ2) is 13.9. The molecule has 12 heteroatoms. The minimum Gasteiger partial charge on any atom is -0.352 e. The van der Waals surface area contributed by atoms with Crippen LogP contribution in [0.2, 0.25) is 20.1 Å². The van der Waals surface area contributed by atoms with Crippen LogP contribution in [0.25, 0.3) is 0 Å². The van der Waals surface area contributed by atoms with Crippen molar-refractivity contribution in [1.29, 1.82) is 0 Å². The van der Waals surface area contributed by atoms with E-state index < -0.39 is 28.5 Å². The molecule has 1 N–H and O–H groups in total. The monoisotopic (exact) mass is 643 g/mol. The van der Waals surface area contributed by atoms with Crippen LogP contribution in [-0.4, -0.2) is 43.8 Å². The third kappa shape index (κ3) is 7.83. The van der Waals surface area contributed by atoms with Gasteiger partial charge in [0, 0.05) is 27.7 Å². The molecule has 0 aromatic heterocycles. The molecule has 1 atom stereocenters. The number of hydrogen-bond acceptors (Lipinski definition) is 4. The highest BCUT2D eigenvalue weighted by Crippen LogP contribution is 2.33. The fourth-order valence-electron chi connectivity index (χ4n) is 4.05. The summed E-state index contributed by atoms with van der Waals surface area (Å²) in [5.74, 6) is -1.01. The first kappa shape index (κ1) is 32.0. The Morgan fingerprint density at radius 1 is 0.875 bits per heavy atom. The van der Waals surface area contributed by atoms with E-state index in [0.29, 0.717) is 20.6 Å². The molecule has 0 aliphatic carbocycles. The molecule has 0 aliphatic rings. The highest BCUT2D eigenvalue weighted by atomic mass is 35.5. The quantitative estimate of drug-likeness (QED) is 0.248. The number of anilines is 1. The lowest BCUT2D eigenvalue weighted by atomic mass is 10.1. The van der Waals surface area contributed by atoms with Crippen LogP contribution in [0, 0.1) is 0 Å². The van der Waals surface area contributed by atoms with Gasteiger partial charge in [-0.3, -0.25) is 13.9 Å². The first-order chi connectivity index (χ1) is 18.8. The van der Waals surface area contributed by atoms with Gasteiger partial charge in [-0.2, -0.15) is 0 Å². The Bertz CT molecular complexity index is 1470. The normalized spacial score (nSPS) is 12.2. The van der Waals surface area contributed by atoms with E-state index in [1.54, 1.807) is 37.3 Å². The minimum absolute atomic E-state index is 0.0364. The minimum atomic E-state index is -4.26. The number of benzene rings is 3. The highest BCUT2D eigenvalue weighted by molar-refractivity contribution is 7.92. The molecule has 0 heterocycles. The van der Waals surface area contributed by atoms with Crippen LogP contribution in [0.1, 0.15) is 32.8 Å². The van der Waals surface area contributed by atoms with Crippen LogP contribution in [0.15, 0.2) is 71.6 Å². The summed E-state index contributed by atoms with van der Waals surface area (Å²) in [4.78, 5) is 28.5. The van der Waals surface area contributed by atoms with Gasteiger partial charge in [0.15, 0.2) is 0 Å². The van der Waals surface area contributed by atoms with Crippen LogP contribution in [0.3, 0.4) is 0 Å². The summed E-state index contributed by atoms with van der Waals surface area (Å²) in [5.41, 5.74) is 0.602. The molecule has 2 amide bonds. The van der Waals surface area contributed by atoms with Crippen LogP contribution >= 0.6 is 46.4 Å². The number of hydrogen-bond donors (Lipinski definition) is 1. The summed E-state index contributed by atoms with van der Waals surface area (Å²) < 4.78 is 28.6. The number of carbonyl (C=O) groups excluding carboxylic acids is 2. The number of nitrogens with one attached hydrogen (secondary N) is 1. The zero-order valence-corrected chi connectivity index (χ0v) is 25.9. The number of amides is 2. The van der Waals surface area contributed by atoms with Crippen molar-refractivity contribution in [2.45, 2.75) is 50.7 Å². The number of carbonyl (C=O) groups is 2. The second-order valence-corrected chi connectivity index (χ2v) is 12.8. The molecule has 3 aromatic rings. The van der Waals surface area contributed by atoms with Crippen LogP contribution in [0.4, 0.5) is 5.69 Å². The molecule has 0 saturated carbocycles. The third-order valence-corrected chi connectivity index (χ3v) is 8.86. The van der Waals surface area contributed by atoms with Gasteiger partial charge in [-0.05, 0) is 68.3 Å². The lowest BCUT2D eigenvalue weighted by molar-refractivity contribution is -0.140. The average Bonchev–Trinajstić information content (AvgIpc) is 2.88. The van der Waals surface area contributed by atoms with Crippen molar-refractivity contribution < 1.29 is 18.0 Å².